The SMILES string of the molecule is CC(=O)c1oc2ccccc2c1NC(=O)CSc1nnc(Cc2csc(C)n2)o1. The maximum Gasteiger partial charge on any atom is 0.277 e. The number of anilines is 1. The smallest absolute Gasteiger partial charge is 0.277 e. The summed E-state index contributed by atoms with van der Waals surface area (Å²) in [5.74, 6) is 0.0527. The Morgan fingerprint density at radius 1 is 1.21 bits per heavy atom. The Kier molecular flexibility index (Phi) is 5.45. The fourth-order valence-corrected chi connectivity index (χ4v) is 3.93. The van der Waals surface area contributed by atoms with Crippen LogP contribution in [0.25, 0.3) is 11.0 Å². The molecule has 0 saturated carbocycles. The van der Waals surface area contributed by atoms with E-state index in [-0.39, 0.29) is 23.2 Å². The third kappa shape index (κ3) is 4.38. The van der Waals surface area contributed by atoms with Crippen LogP contribution >= 0.6 is 23.1 Å². The molecule has 0 radical (unpaired) electrons. The molecule has 3 heterocycles. The molecule has 29 heavy (non-hydrogen) atoms. The van der Waals surface area contributed by atoms with E-state index in [1.807, 2.05) is 18.4 Å². The Balaban J connectivity index is 1.40. The zero-order valence-corrected chi connectivity index (χ0v) is 17.2. The van der Waals surface area contributed by atoms with Gasteiger partial charge in [0.2, 0.25) is 11.8 Å². The van der Waals surface area contributed by atoms with Gasteiger partial charge in [0.1, 0.15) is 5.58 Å². The van der Waals surface area contributed by atoms with Gasteiger partial charge in [0, 0.05) is 17.7 Å². The van der Waals surface area contributed by atoms with E-state index < -0.39 is 0 Å². The number of benzene rings is 1. The van der Waals surface area contributed by atoms with Gasteiger partial charge in [-0.25, -0.2) is 4.98 Å². The molecule has 0 aliphatic rings. The van der Waals surface area contributed by atoms with Crippen LogP contribution in [0.4, 0.5) is 5.69 Å². The molecule has 4 rings (SSSR count). The molecule has 1 amide bonds. The molecule has 10 heteroatoms. The minimum absolute atomic E-state index is 0.0499. The molecule has 0 unspecified atom stereocenters. The number of furan rings is 1. The van der Waals surface area contributed by atoms with Crippen LogP contribution in [0.2, 0.25) is 0 Å². The Morgan fingerprint density at radius 2 is 2.03 bits per heavy atom. The van der Waals surface area contributed by atoms with Crippen LogP contribution in [0.3, 0.4) is 0 Å². The first-order valence-electron chi connectivity index (χ1n) is 8.68. The second-order valence-electron chi connectivity index (χ2n) is 6.19. The van der Waals surface area contributed by atoms with Gasteiger partial charge < -0.3 is 14.2 Å². The number of amides is 1. The van der Waals surface area contributed by atoms with Gasteiger partial charge in [-0.05, 0) is 19.1 Å². The summed E-state index contributed by atoms with van der Waals surface area (Å²) >= 11 is 2.68. The summed E-state index contributed by atoms with van der Waals surface area (Å²) in [5, 5.41) is 14.6. The lowest BCUT2D eigenvalue weighted by atomic mass is 10.2. The van der Waals surface area contributed by atoms with E-state index in [0.717, 1.165) is 22.5 Å². The van der Waals surface area contributed by atoms with Gasteiger partial charge in [-0.3, -0.25) is 9.59 Å². The van der Waals surface area contributed by atoms with Crippen molar-refractivity contribution in [3.63, 3.8) is 0 Å². The molecule has 0 spiro atoms. The van der Waals surface area contributed by atoms with Gasteiger partial charge in [0.05, 0.1) is 28.6 Å². The van der Waals surface area contributed by atoms with Crippen molar-refractivity contribution >= 4 is 51.4 Å². The lowest BCUT2D eigenvalue weighted by molar-refractivity contribution is -0.113. The summed E-state index contributed by atoms with van der Waals surface area (Å²) in [6.07, 6.45) is 0.451. The highest BCUT2D eigenvalue weighted by molar-refractivity contribution is 7.99. The van der Waals surface area contributed by atoms with E-state index in [9.17, 15) is 9.59 Å². The van der Waals surface area contributed by atoms with Gasteiger partial charge in [0.25, 0.3) is 5.22 Å². The first kappa shape index (κ1) is 19.3. The number of hydrogen-bond acceptors (Lipinski definition) is 9. The number of ketones is 1. The molecular formula is C19H16N4O4S2. The number of carbonyl (C=O) groups is 2. The number of fused-ring (bicyclic) bond motifs is 1. The molecule has 0 aliphatic carbocycles. The van der Waals surface area contributed by atoms with Crippen molar-refractivity contribution in [1.29, 1.82) is 0 Å². The van der Waals surface area contributed by atoms with Crippen LogP contribution in [0.15, 0.2) is 43.7 Å². The normalized spacial score (nSPS) is 11.1. The molecule has 0 bridgehead atoms. The largest absolute Gasteiger partial charge is 0.451 e. The maximum absolute atomic E-state index is 12.4. The van der Waals surface area contributed by atoms with Gasteiger partial charge in [-0.1, -0.05) is 23.9 Å². The Morgan fingerprint density at radius 3 is 2.79 bits per heavy atom. The number of thioether (sulfide) groups is 1. The highest BCUT2D eigenvalue weighted by Crippen LogP contribution is 2.31. The first-order valence-corrected chi connectivity index (χ1v) is 10.5. The number of aryl methyl sites for hydroxylation is 1. The molecular weight excluding hydrogens is 412 g/mol. The van der Waals surface area contributed by atoms with Crippen LogP contribution in [-0.4, -0.2) is 32.6 Å². The predicted octanol–water partition coefficient (Wildman–Crippen LogP) is 4.10. The Labute approximate surface area is 173 Å². The summed E-state index contributed by atoms with van der Waals surface area (Å²) < 4.78 is 11.1. The van der Waals surface area contributed by atoms with E-state index in [1.165, 1.54) is 6.92 Å². The molecule has 4 aromatic rings. The van der Waals surface area contributed by atoms with Crippen LogP contribution < -0.4 is 5.32 Å². The summed E-state index contributed by atoms with van der Waals surface area (Å²) in [6, 6.07) is 7.15. The average Bonchev–Trinajstić information content (AvgIpc) is 3.40. The lowest BCUT2D eigenvalue weighted by Crippen LogP contribution is -2.15. The number of carbonyl (C=O) groups excluding carboxylic acids is 2. The van der Waals surface area contributed by atoms with Gasteiger partial charge in [0.15, 0.2) is 11.5 Å². The fraction of sp³-hybridized carbons (Fsp3) is 0.211. The van der Waals surface area contributed by atoms with Crippen LogP contribution in [0, 0.1) is 6.92 Å². The standard InChI is InChI=1S/C19H16N4O4S2/c1-10(24)18-17(13-5-3-4-6-14(13)26-18)21-15(25)9-29-19-23-22-16(27-19)7-12-8-28-11(2)20-12/h3-6,8H,7,9H2,1-2H3,(H,21,25). The highest BCUT2D eigenvalue weighted by atomic mass is 32.2. The molecule has 0 atom stereocenters. The fourth-order valence-electron chi connectivity index (χ4n) is 2.73. The molecule has 1 N–H and O–H groups in total. The maximum atomic E-state index is 12.4. The molecule has 0 saturated heterocycles. The Bertz CT molecular complexity index is 1190. The number of Topliss-reactive ketones (excluding diaryl/α,β-unsaturated/α-hetero) is 1. The highest BCUT2D eigenvalue weighted by Gasteiger charge is 2.20. The van der Waals surface area contributed by atoms with Crippen LogP contribution in [0.5, 0.6) is 0 Å². The summed E-state index contributed by atoms with van der Waals surface area (Å²) in [4.78, 5) is 28.6. The molecule has 0 fully saturated rings. The van der Waals surface area contributed by atoms with Crippen molar-refractivity contribution in [3.05, 3.63) is 52.0 Å². The molecule has 1 aromatic carbocycles. The number of nitrogens with zero attached hydrogens (tertiary/aromatic N) is 3. The molecule has 3 aromatic heterocycles. The second kappa shape index (κ2) is 8.18. The van der Waals surface area contributed by atoms with E-state index in [1.54, 1.807) is 29.5 Å². The zero-order valence-electron chi connectivity index (χ0n) is 15.6. The first-order chi connectivity index (χ1) is 14.0. The van der Waals surface area contributed by atoms with E-state index in [0.29, 0.717) is 34.2 Å². The number of aromatic nitrogens is 3. The van der Waals surface area contributed by atoms with E-state index in [2.05, 4.69) is 20.5 Å². The predicted molar refractivity (Wildman–Crippen MR) is 110 cm³/mol. The van der Waals surface area contributed by atoms with Crippen LogP contribution in [-0.2, 0) is 11.2 Å². The molecule has 148 valence electrons. The van der Waals surface area contributed by atoms with Crippen molar-refractivity contribution in [3.8, 4) is 0 Å². The zero-order chi connectivity index (χ0) is 20.4. The third-order valence-corrected chi connectivity index (χ3v) is 5.59. The van der Waals surface area contributed by atoms with E-state index >= 15 is 0 Å². The minimum Gasteiger partial charge on any atom is -0.451 e. The third-order valence-electron chi connectivity index (χ3n) is 3.95. The number of para-hydroxylation sites is 1. The summed E-state index contributed by atoms with van der Waals surface area (Å²) in [7, 11) is 0. The topological polar surface area (TPSA) is 111 Å². The monoisotopic (exact) mass is 428 g/mol. The number of hydrogen-bond donors (Lipinski definition) is 1. The lowest BCUT2D eigenvalue weighted by Gasteiger charge is -2.03. The van der Waals surface area contributed by atoms with Crippen LogP contribution in [0.1, 0.15) is 34.1 Å². The van der Waals surface area contributed by atoms with Gasteiger partial charge in [-0.15, -0.1) is 21.5 Å². The van der Waals surface area contributed by atoms with Gasteiger partial charge in [-0.2, -0.15) is 0 Å². The van der Waals surface area contributed by atoms with E-state index in [4.69, 9.17) is 8.83 Å². The number of thiazole rings is 1. The Hall–Kier alpha value is -2.98. The summed E-state index contributed by atoms with van der Waals surface area (Å²) in [5.41, 5.74) is 1.79. The van der Waals surface area contributed by atoms with Gasteiger partial charge >= 0.3 is 0 Å². The van der Waals surface area contributed by atoms with Crippen molar-refractivity contribution in [2.45, 2.75) is 25.5 Å². The van der Waals surface area contributed by atoms with Crippen molar-refractivity contribution < 1.29 is 18.4 Å². The molecule has 0 aliphatic heterocycles. The van der Waals surface area contributed by atoms with Crippen molar-refractivity contribution in [2.24, 2.45) is 0 Å². The minimum atomic E-state index is -0.307. The van der Waals surface area contributed by atoms with Crippen molar-refractivity contribution in [2.75, 3.05) is 11.1 Å². The molecule has 8 nitrogen and oxygen atoms in total. The van der Waals surface area contributed by atoms with Crippen molar-refractivity contribution in [1.82, 2.24) is 15.2 Å². The summed E-state index contributed by atoms with van der Waals surface area (Å²) in [6.45, 7) is 3.33. The number of rotatable bonds is 7. The average molecular weight is 428 g/mol. The second-order valence-corrected chi connectivity index (χ2v) is 8.18. The quantitative estimate of drug-likeness (QED) is 0.346. The number of nitrogens with one attached hydrogen (secondary N) is 1.